The zero-order chi connectivity index (χ0) is 18.5. The van der Waals surface area contributed by atoms with Crippen molar-refractivity contribution >= 4 is 29.3 Å². The maximum atomic E-state index is 12.4. The number of aromatic nitrogens is 4. The maximum absolute atomic E-state index is 12.4. The number of amides is 1. The Morgan fingerprint density at radius 2 is 1.88 bits per heavy atom. The van der Waals surface area contributed by atoms with Gasteiger partial charge in [-0.2, -0.15) is 4.68 Å². The molecule has 0 bridgehead atoms. The van der Waals surface area contributed by atoms with E-state index in [1.807, 2.05) is 50.2 Å². The number of benzene rings is 2. The summed E-state index contributed by atoms with van der Waals surface area (Å²) in [7, 11) is 0. The number of hydrogen-bond donors (Lipinski definition) is 1. The van der Waals surface area contributed by atoms with E-state index in [-0.39, 0.29) is 11.2 Å². The van der Waals surface area contributed by atoms with Gasteiger partial charge in [0.2, 0.25) is 11.1 Å². The Morgan fingerprint density at radius 3 is 2.58 bits per heavy atom. The SMILES string of the molecule is Cc1ccc(CNC(=O)C(C)Sc2nnnn2-c2ccc(Cl)cc2)cc1. The minimum atomic E-state index is -0.336. The smallest absolute Gasteiger partial charge is 0.233 e. The van der Waals surface area contributed by atoms with Gasteiger partial charge in [0.15, 0.2) is 0 Å². The Morgan fingerprint density at radius 1 is 1.19 bits per heavy atom. The normalized spacial score (nSPS) is 12.0. The number of carbonyl (C=O) groups is 1. The fourth-order valence-corrected chi connectivity index (χ4v) is 3.21. The molecule has 0 fully saturated rings. The van der Waals surface area contributed by atoms with Crippen molar-refractivity contribution in [3.63, 3.8) is 0 Å². The Hall–Kier alpha value is -2.38. The van der Waals surface area contributed by atoms with E-state index in [0.717, 1.165) is 11.3 Å². The van der Waals surface area contributed by atoms with Crippen molar-refractivity contribution < 1.29 is 4.79 Å². The maximum Gasteiger partial charge on any atom is 0.233 e. The first-order valence-electron chi connectivity index (χ1n) is 8.07. The van der Waals surface area contributed by atoms with E-state index in [1.165, 1.54) is 17.3 Å². The van der Waals surface area contributed by atoms with Gasteiger partial charge in [0, 0.05) is 11.6 Å². The molecule has 0 saturated carbocycles. The van der Waals surface area contributed by atoms with Gasteiger partial charge in [-0.3, -0.25) is 4.79 Å². The van der Waals surface area contributed by atoms with Gasteiger partial charge in [-0.05, 0) is 54.1 Å². The molecule has 1 N–H and O–H groups in total. The van der Waals surface area contributed by atoms with Crippen molar-refractivity contribution in [3.8, 4) is 5.69 Å². The standard InChI is InChI=1S/C18H18ClN5OS/c1-12-3-5-14(6-4-12)11-20-17(25)13(2)26-18-21-22-23-24(18)16-9-7-15(19)8-10-16/h3-10,13H,11H2,1-2H3,(H,20,25). The van der Waals surface area contributed by atoms with Gasteiger partial charge < -0.3 is 5.32 Å². The van der Waals surface area contributed by atoms with Crippen LogP contribution in [0, 0.1) is 6.92 Å². The van der Waals surface area contributed by atoms with Gasteiger partial charge >= 0.3 is 0 Å². The Kier molecular flexibility index (Phi) is 5.90. The Bertz CT molecular complexity index is 879. The first kappa shape index (κ1) is 18.4. The molecule has 1 atom stereocenters. The number of thioether (sulfide) groups is 1. The molecule has 0 spiro atoms. The molecule has 6 nitrogen and oxygen atoms in total. The molecule has 0 aliphatic rings. The third-order valence-electron chi connectivity index (χ3n) is 3.75. The molecule has 3 aromatic rings. The number of halogens is 1. The van der Waals surface area contributed by atoms with Crippen LogP contribution in [0.2, 0.25) is 5.02 Å². The van der Waals surface area contributed by atoms with Crippen molar-refractivity contribution in [2.75, 3.05) is 0 Å². The molecule has 1 amide bonds. The summed E-state index contributed by atoms with van der Waals surface area (Å²) in [5, 5.41) is 15.5. The van der Waals surface area contributed by atoms with Crippen LogP contribution >= 0.6 is 23.4 Å². The number of aryl methyl sites for hydroxylation is 1. The molecule has 26 heavy (non-hydrogen) atoms. The lowest BCUT2D eigenvalue weighted by Gasteiger charge is -2.12. The summed E-state index contributed by atoms with van der Waals surface area (Å²) in [5.74, 6) is -0.0683. The van der Waals surface area contributed by atoms with Gasteiger partial charge in [-0.1, -0.05) is 53.2 Å². The highest BCUT2D eigenvalue weighted by Crippen LogP contribution is 2.23. The van der Waals surface area contributed by atoms with Crippen LogP contribution in [0.5, 0.6) is 0 Å². The van der Waals surface area contributed by atoms with Crippen LogP contribution in [0.4, 0.5) is 0 Å². The quantitative estimate of drug-likeness (QED) is 0.656. The van der Waals surface area contributed by atoms with Gasteiger partial charge in [-0.25, -0.2) is 0 Å². The summed E-state index contributed by atoms with van der Waals surface area (Å²) >= 11 is 7.22. The lowest BCUT2D eigenvalue weighted by Crippen LogP contribution is -2.30. The molecular formula is C18H18ClN5OS. The molecule has 2 aromatic carbocycles. The average molecular weight is 388 g/mol. The zero-order valence-corrected chi connectivity index (χ0v) is 16.0. The summed E-state index contributed by atoms with van der Waals surface area (Å²) in [6.07, 6.45) is 0. The second kappa shape index (κ2) is 8.33. The van der Waals surface area contributed by atoms with Crippen LogP contribution < -0.4 is 5.32 Å². The predicted octanol–water partition coefficient (Wildman–Crippen LogP) is 3.42. The fourth-order valence-electron chi connectivity index (χ4n) is 2.25. The first-order valence-corrected chi connectivity index (χ1v) is 9.33. The molecule has 3 rings (SSSR count). The van der Waals surface area contributed by atoms with Crippen LogP contribution in [0.1, 0.15) is 18.1 Å². The average Bonchev–Trinajstić information content (AvgIpc) is 3.09. The molecule has 1 aromatic heterocycles. The van der Waals surface area contributed by atoms with Gasteiger partial charge in [-0.15, -0.1) is 5.10 Å². The molecule has 134 valence electrons. The van der Waals surface area contributed by atoms with E-state index in [4.69, 9.17) is 11.6 Å². The van der Waals surface area contributed by atoms with Crippen LogP contribution in [0.25, 0.3) is 5.69 Å². The van der Waals surface area contributed by atoms with Crippen molar-refractivity contribution in [1.29, 1.82) is 0 Å². The van der Waals surface area contributed by atoms with Gasteiger partial charge in [0.05, 0.1) is 10.9 Å². The van der Waals surface area contributed by atoms with E-state index in [0.29, 0.717) is 16.7 Å². The number of tetrazole rings is 1. The molecule has 1 heterocycles. The number of hydrogen-bond acceptors (Lipinski definition) is 5. The zero-order valence-electron chi connectivity index (χ0n) is 14.4. The highest BCUT2D eigenvalue weighted by molar-refractivity contribution is 8.00. The second-order valence-electron chi connectivity index (χ2n) is 5.81. The minimum absolute atomic E-state index is 0.0683. The fraction of sp³-hybridized carbons (Fsp3) is 0.222. The monoisotopic (exact) mass is 387 g/mol. The van der Waals surface area contributed by atoms with Crippen LogP contribution in [-0.2, 0) is 11.3 Å². The lowest BCUT2D eigenvalue weighted by atomic mass is 10.1. The number of nitrogens with one attached hydrogen (secondary N) is 1. The second-order valence-corrected chi connectivity index (χ2v) is 7.56. The van der Waals surface area contributed by atoms with Crippen molar-refractivity contribution in [3.05, 3.63) is 64.7 Å². The summed E-state index contributed by atoms with van der Waals surface area (Å²) in [4.78, 5) is 12.4. The molecule has 0 saturated heterocycles. The highest BCUT2D eigenvalue weighted by atomic mass is 35.5. The lowest BCUT2D eigenvalue weighted by molar-refractivity contribution is -0.120. The van der Waals surface area contributed by atoms with Crippen molar-refractivity contribution in [2.45, 2.75) is 30.8 Å². The summed E-state index contributed by atoms with van der Waals surface area (Å²) < 4.78 is 1.59. The minimum Gasteiger partial charge on any atom is -0.351 e. The third-order valence-corrected chi connectivity index (χ3v) is 5.04. The van der Waals surface area contributed by atoms with Crippen molar-refractivity contribution in [1.82, 2.24) is 25.5 Å². The third kappa shape index (κ3) is 4.62. The molecule has 0 radical (unpaired) electrons. The van der Waals surface area contributed by atoms with Gasteiger partial charge in [0.1, 0.15) is 0 Å². The topological polar surface area (TPSA) is 72.7 Å². The molecule has 0 aliphatic heterocycles. The van der Waals surface area contributed by atoms with Crippen LogP contribution in [-0.4, -0.2) is 31.4 Å². The van der Waals surface area contributed by atoms with E-state index < -0.39 is 0 Å². The van der Waals surface area contributed by atoms with Gasteiger partial charge in [0.25, 0.3) is 0 Å². The largest absolute Gasteiger partial charge is 0.351 e. The predicted molar refractivity (Wildman–Crippen MR) is 103 cm³/mol. The van der Waals surface area contributed by atoms with E-state index >= 15 is 0 Å². The summed E-state index contributed by atoms with van der Waals surface area (Å²) in [6.45, 7) is 4.36. The summed E-state index contributed by atoms with van der Waals surface area (Å²) in [6, 6.07) is 15.3. The molecule has 0 aliphatic carbocycles. The van der Waals surface area contributed by atoms with E-state index in [1.54, 1.807) is 16.8 Å². The Labute approximate surface area is 160 Å². The highest BCUT2D eigenvalue weighted by Gasteiger charge is 2.19. The Balaban J connectivity index is 1.62. The molecule has 1 unspecified atom stereocenters. The van der Waals surface area contributed by atoms with E-state index in [9.17, 15) is 4.79 Å². The number of rotatable bonds is 6. The number of carbonyl (C=O) groups excluding carboxylic acids is 1. The van der Waals surface area contributed by atoms with Crippen LogP contribution in [0.3, 0.4) is 0 Å². The summed E-state index contributed by atoms with van der Waals surface area (Å²) in [5.41, 5.74) is 3.04. The first-order chi connectivity index (χ1) is 12.5. The van der Waals surface area contributed by atoms with Crippen molar-refractivity contribution in [2.24, 2.45) is 0 Å². The number of nitrogens with zero attached hydrogens (tertiary/aromatic N) is 4. The van der Waals surface area contributed by atoms with E-state index in [2.05, 4.69) is 20.8 Å². The molecular weight excluding hydrogens is 370 g/mol. The molecule has 8 heteroatoms. The van der Waals surface area contributed by atoms with Crippen LogP contribution in [0.15, 0.2) is 53.7 Å².